The smallest absolute Gasteiger partial charge is 0.289 e. The zero-order chi connectivity index (χ0) is 23.1. The van der Waals surface area contributed by atoms with Gasteiger partial charge < -0.3 is 14.1 Å². The highest BCUT2D eigenvalue weighted by atomic mass is 35.5. The van der Waals surface area contributed by atoms with Crippen molar-refractivity contribution in [3.8, 4) is 17.3 Å². The average molecular weight is 501 g/mol. The largest absolute Gasteiger partial charge is 0.508 e. The molecule has 0 saturated heterocycles. The van der Waals surface area contributed by atoms with E-state index < -0.39 is 5.78 Å². The van der Waals surface area contributed by atoms with Crippen LogP contribution in [0.3, 0.4) is 0 Å². The molecule has 3 heterocycles. The average Bonchev–Trinajstić information content (AvgIpc) is 3.39. The van der Waals surface area contributed by atoms with Crippen LogP contribution in [0, 0.1) is 0 Å². The Balaban J connectivity index is 1.61. The monoisotopic (exact) mass is 499 g/mol. The normalized spacial score (nSPS) is 11.2. The van der Waals surface area contributed by atoms with E-state index in [-0.39, 0.29) is 34.8 Å². The second kappa shape index (κ2) is 8.47. The fraction of sp³-hybridized carbons (Fsp3) is 0.0455. The molecule has 0 bridgehead atoms. The van der Waals surface area contributed by atoms with Crippen molar-refractivity contribution in [2.24, 2.45) is 0 Å². The van der Waals surface area contributed by atoms with Crippen molar-refractivity contribution in [3.05, 3.63) is 87.2 Å². The number of phenols is 1. The Kier molecular flexibility index (Phi) is 5.49. The Hall–Kier alpha value is -3.46. The van der Waals surface area contributed by atoms with Crippen LogP contribution in [0.25, 0.3) is 22.5 Å². The third kappa shape index (κ3) is 3.93. The van der Waals surface area contributed by atoms with Crippen LogP contribution in [0.15, 0.2) is 59.4 Å². The number of aromatic hydroxyl groups is 1. The molecule has 0 saturated carbocycles. The number of rotatable bonds is 5. The van der Waals surface area contributed by atoms with E-state index in [9.17, 15) is 9.90 Å². The van der Waals surface area contributed by atoms with Crippen LogP contribution in [-0.4, -0.2) is 35.6 Å². The number of hydrogen-bond acceptors (Lipinski definition) is 7. The number of phenolic OH excluding ortho intramolecular Hbond substituents is 1. The van der Waals surface area contributed by atoms with Crippen molar-refractivity contribution in [2.45, 2.75) is 6.54 Å². The van der Waals surface area contributed by atoms with Crippen molar-refractivity contribution >= 4 is 51.5 Å². The van der Waals surface area contributed by atoms with Gasteiger partial charge in [0, 0.05) is 21.6 Å². The predicted molar refractivity (Wildman–Crippen MR) is 123 cm³/mol. The number of fused-ring (bicyclic) bond motifs is 1. The van der Waals surface area contributed by atoms with Crippen molar-refractivity contribution in [1.82, 2.24) is 24.7 Å². The molecular formula is C22H12Cl3N5O3. The second-order valence-electron chi connectivity index (χ2n) is 7.03. The lowest BCUT2D eigenvalue weighted by Crippen LogP contribution is -2.04. The number of halogens is 3. The van der Waals surface area contributed by atoms with Gasteiger partial charge in [0.25, 0.3) is 17.6 Å². The van der Waals surface area contributed by atoms with Crippen LogP contribution in [0.4, 0.5) is 0 Å². The van der Waals surface area contributed by atoms with Crippen molar-refractivity contribution in [2.75, 3.05) is 0 Å². The van der Waals surface area contributed by atoms with Crippen LogP contribution in [0.2, 0.25) is 15.2 Å². The minimum atomic E-state index is -0.593. The minimum absolute atomic E-state index is 0.0258. The summed E-state index contributed by atoms with van der Waals surface area (Å²) in [7, 11) is 0. The third-order valence-corrected chi connectivity index (χ3v) is 5.95. The SMILES string of the molecule is O=C(c1nnc(-c2ccncn2)o1)c1c(Cl)n(Cc2ccc(Cl)cc2Cl)c2ccc(O)cc12. The summed E-state index contributed by atoms with van der Waals surface area (Å²) in [4.78, 5) is 21.2. The van der Waals surface area contributed by atoms with Gasteiger partial charge in [-0.05, 0) is 42.0 Å². The van der Waals surface area contributed by atoms with Gasteiger partial charge in [0.15, 0.2) is 0 Å². The standard InChI is InChI=1S/C22H12Cl3N5O3/c23-12-2-1-11(15(24)7-12)9-30-17-4-3-13(31)8-14(17)18(20(30)25)19(32)22-29-28-21(33-22)16-5-6-26-10-27-16/h1-8,10,31H,9H2. The first-order chi connectivity index (χ1) is 15.9. The molecule has 1 N–H and O–H groups in total. The van der Waals surface area contributed by atoms with Crippen LogP contribution in [-0.2, 0) is 6.54 Å². The van der Waals surface area contributed by atoms with Gasteiger partial charge in [-0.1, -0.05) is 40.9 Å². The van der Waals surface area contributed by atoms with E-state index >= 15 is 0 Å². The lowest BCUT2D eigenvalue weighted by molar-refractivity contribution is 0.100. The molecule has 0 radical (unpaired) electrons. The first-order valence-electron chi connectivity index (χ1n) is 9.51. The van der Waals surface area contributed by atoms with E-state index in [4.69, 9.17) is 39.2 Å². The first kappa shape index (κ1) is 21.4. The van der Waals surface area contributed by atoms with Gasteiger partial charge in [-0.15, -0.1) is 10.2 Å². The Morgan fingerprint density at radius 1 is 1.06 bits per heavy atom. The van der Waals surface area contributed by atoms with E-state index in [1.807, 2.05) is 0 Å². The van der Waals surface area contributed by atoms with Gasteiger partial charge in [0.05, 0.1) is 17.6 Å². The highest BCUT2D eigenvalue weighted by Crippen LogP contribution is 2.35. The molecule has 8 nitrogen and oxygen atoms in total. The fourth-order valence-corrected chi connectivity index (χ4v) is 4.25. The van der Waals surface area contributed by atoms with Crippen molar-refractivity contribution in [1.29, 1.82) is 0 Å². The molecule has 0 fully saturated rings. The molecule has 0 aliphatic rings. The molecule has 0 spiro atoms. The maximum Gasteiger partial charge on any atom is 0.289 e. The Bertz CT molecular complexity index is 1520. The van der Waals surface area contributed by atoms with Crippen molar-refractivity contribution in [3.63, 3.8) is 0 Å². The van der Waals surface area contributed by atoms with Crippen molar-refractivity contribution < 1.29 is 14.3 Å². The molecule has 0 atom stereocenters. The van der Waals surface area contributed by atoms with Gasteiger partial charge in [-0.25, -0.2) is 9.97 Å². The summed E-state index contributed by atoms with van der Waals surface area (Å²) in [6.45, 7) is 0.263. The maximum absolute atomic E-state index is 13.4. The molecule has 3 aromatic heterocycles. The fourth-order valence-electron chi connectivity index (χ4n) is 3.44. The van der Waals surface area contributed by atoms with E-state index in [1.165, 1.54) is 24.7 Å². The van der Waals surface area contributed by atoms with Gasteiger partial charge in [-0.2, -0.15) is 0 Å². The molecule has 0 unspecified atom stereocenters. The zero-order valence-electron chi connectivity index (χ0n) is 16.5. The summed E-state index contributed by atoms with van der Waals surface area (Å²) in [5.41, 5.74) is 1.85. The molecule has 0 aliphatic carbocycles. The van der Waals surface area contributed by atoms with E-state index in [1.54, 1.807) is 34.9 Å². The lowest BCUT2D eigenvalue weighted by Gasteiger charge is -2.09. The molecule has 164 valence electrons. The number of benzene rings is 2. The summed E-state index contributed by atoms with van der Waals surface area (Å²) in [6.07, 6.45) is 2.85. The predicted octanol–water partition coefficient (Wildman–Crippen LogP) is 5.43. The number of nitrogens with zero attached hydrogens (tertiary/aromatic N) is 5. The number of aromatic nitrogens is 5. The summed E-state index contributed by atoms with van der Waals surface area (Å²) in [6, 6.07) is 11.3. The Morgan fingerprint density at radius 2 is 1.91 bits per heavy atom. The van der Waals surface area contributed by atoms with Crippen LogP contribution in [0.5, 0.6) is 5.75 Å². The second-order valence-corrected chi connectivity index (χ2v) is 8.23. The van der Waals surface area contributed by atoms with Gasteiger partial charge in [0.1, 0.15) is 22.9 Å². The van der Waals surface area contributed by atoms with Gasteiger partial charge in [0.2, 0.25) is 0 Å². The van der Waals surface area contributed by atoms with E-state index in [2.05, 4.69) is 20.2 Å². The Labute approximate surface area is 201 Å². The first-order valence-corrected chi connectivity index (χ1v) is 10.6. The highest BCUT2D eigenvalue weighted by molar-refractivity contribution is 6.37. The molecule has 5 rings (SSSR count). The number of carbonyl (C=O) groups is 1. The summed E-state index contributed by atoms with van der Waals surface area (Å²) >= 11 is 19.0. The minimum Gasteiger partial charge on any atom is -0.508 e. The van der Waals surface area contributed by atoms with Crippen LogP contribution >= 0.6 is 34.8 Å². The molecular weight excluding hydrogens is 489 g/mol. The van der Waals surface area contributed by atoms with Gasteiger partial charge >= 0.3 is 0 Å². The lowest BCUT2D eigenvalue weighted by atomic mass is 10.1. The maximum atomic E-state index is 13.4. The quantitative estimate of drug-likeness (QED) is 0.321. The summed E-state index contributed by atoms with van der Waals surface area (Å²) < 4.78 is 7.26. The van der Waals surface area contributed by atoms with Crippen LogP contribution in [0.1, 0.15) is 21.8 Å². The summed E-state index contributed by atoms with van der Waals surface area (Å²) in [5, 5.41) is 19.3. The summed E-state index contributed by atoms with van der Waals surface area (Å²) in [5.74, 6) is -0.819. The molecule has 2 aromatic carbocycles. The third-order valence-electron chi connectivity index (χ3n) is 4.97. The molecule has 5 aromatic rings. The number of carbonyl (C=O) groups excluding carboxylic acids is 1. The zero-order valence-corrected chi connectivity index (χ0v) is 18.8. The molecule has 0 amide bonds. The molecule has 0 aliphatic heterocycles. The number of hydrogen-bond donors (Lipinski definition) is 1. The topological polar surface area (TPSA) is 107 Å². The number of ketones is 1. The van der Waals surface area contributed by atoms with Gasteiger partial charge in [-0.3, -0.25) is 4.79 Å². The van der Waals surface area contributed by atoms with Crippen LogP contribution < -0.4 is 0 Å². The molecule has 33 heavy (non-hydrogen) atoms. The Morgan fingerprint density at radius 3 is 2.67 bits per heavy atom. The highest BCUT2D eigenvalue weighted by Gasteiger charge is 2.27. The molecule has 11 heteroatoms. The van der Waals surface area contributed by atoms with E-state index in [0.717, 1.165) is 5.56 Å². The van der Waals surface area contributed by atoms with E-state index in [0.29, 0.717) is 26.6 Å².